The molecule has 176 valence electrons. The minimum absolute atomic E-state index is 0.000535. The average molecular weight is 457 g/mol. The van der Waals surface area contributed by atoms with Crippen molar-refractivity contribution in [1.29, 1.82) is 0 Å². The molecule has 4 rings (SSSR count). The van der Waals surface area contributed by atoms with Crippen LogP contribution in [0.2, 0.25) is 0 Å². The Balaban J connectivity index is 1.44. The van der Waals surface area contributed by atoms with Gasteiger partial charge in [0.25, 0.3) is 0 Å². The predicted octanol–water partition coefficient (Wildman–Crippen LogP) is 6.63. The number of benzene rings is 2. The van der Waals surface area contributed by atoms with Crippen LogP contribution >= 0.6 is 0 Å². The summed E-state index contributed by atoms with van der Waals surface area (Å²) < 4.78 is 12.2. The van der Waals surface area contributed by atoms with E-state index in [1.54, 1.807) is 6.92 Å². The van der Waals surface area contributed by atoms with Crippen LogP contribution in [0.3, 0.4) is 0 Å². The Morgan fingerprint density at radius 2 is 1.94 bits per heavy atom. The summed E-state index contributed by atoms with van der Waals surface area (Å²) in [6.07, 6.45) is 8.70. The standard InChI is InChI=1S/C30H32O4/c1-3-6-22(20-30(31)32)21-9-13-26(14-10-21)34-29-16-12-25-18-24(11-15-28(25)29)23-7-5-8-27(19-23)33-17-4-2/h5,7-11,13-15,19,22,25,29H,4,12,16-18,20H2,1-2H3,(H,31,32)/t22-,25?,29?/m1/s1. The van der Waals surface area contributed by atoms with Crippen molar-refractivity contribution in [3.8, 4) is 23.3 Å². The van der Waals surface area contributed by atoms with Gasteiger partial charge in [-0.3, -0.25) is 4.79 Å². The highest BCUT2D eigenvalue weighted by molar-refractivity contribution is 5.71. The van der Waals surface area contributed by atoms with E-state index in [-0.39, 0.29) is 18.4 Å². The molecule has 1 fully saturated rings. The summed E-state index contributed by atoms with van der Waals surface area (Å²) in [6.45, 7) is 4.59. The van der Waals surface area contributed by atoms with Crippen LogP contribution in [-0.4, -0.2) is 23.8 Å². The molecule has 0 spiro atoms. The van der Waals surface area contributed by atoms with E-state index in [1.165, 1.54) is 16.7 Å². The van der Waals surface area contributed by atoms with E-state index in [9.17, 15) is 4.79 Å². The fourth-order valence-electron chi connectivity index (χ4n) is 4.83. The highest BCUT2D eigenvalue weighted by atomic mass is 16.5. The maximum atomic E-state index is 11.2. The fourth-order valence-corrected chi connectivity index (χ4v) is 4.83. The maximum Gasteiger partial charge on any atom is 0.304 e. The number of allylic oxidation sites excluding steroid dienone is 3. The quantitative estimate of drug-likeness (QED) is 0.430. The first-order chi connectivity index (χ1) is 16.6. The molecular weight excluding hydrogens is 424 g/mol. The summed E-state index contributed by atoms with van der Waals surface area (Å²) in [5.41, 5.74) is 4.85. The minimum Gasteiger partial charge on any atom is -0.494 e. The summed E-state index contributed by atoms with van der Waals surface area (Å²) in [7, 11) is 0. The monoisotopic (exact) mass is 456 g/mol. The van der Waals surface area contributed by atoms with Crippen molar-refractivity contribution in [2.24, 2.45) is 5.92 Å². The van der Waals surface area contributed by atoms with E-state index in [4.69, 9.17) is 14.6 Å². The van der Waals surface area contributed by atoms with Gasteiger partial charge in [-0.2, -0.15) is 0 Å². The van der Waals surface area contributed by atoms with Gasteiger partial charge in [0, 0.05) is 0 Å². The molecule has 0 bridgehead atoms. The van der Waals surface area contributed by atoms with Gasteiger partial charge in [-0.15, -0.1) is 5.92 Å². The molecule has 2 aromatic rings. The van der Waals surface area contributed by atoms with Crippen molar-refractivity contribution in [2.45, 2.75) is 58.0 Å². The zero-order valence-electron chi connectivity index (χ0n) is 19.9. The number of rotatable bonds is 9. The van der Waals surface area contributed by atoms with Crippen LogP contribution in [0, 0.1) is 17.8 Å². The van der Waals surface area contributed by atoms with Gasteiger partial charge in [-0.25, -0.2) is 0 Å². The Hall–Kier alpha value is -3.45. The third-order valence-corrected chi connectivity index (χ3v) is 6.50. The molecule has 2 aliphatic carbocycles. The van der Waals surface area contributed by atoms with Gasteiger partial charge in [-0.05, 0) is 85.1 Å². The SMILES string of the molecule is CC#C[C@H](CC(=O)O)c1ccc(OC2CCC3CC(c4cccc(OCCC)c4)=CC=C32)cc1. The van der Waals surface area contributed by atoms with E-state index >= 15 is 0 Å². The second kappa shape index (κ2) is 11.1. The molecule has 0 radical (unpaired) electrons. The first-order valence-electron chi connectivity index (χ1n) is 12.1. The molecule has 1 N–H and O–H groups in total. The predicted molar refractivity (Wildman–Crippen MR) is 135 cm³/mol. The Labute approximate surface area is 202 Å². The van der Waals surface area contributed by atoms with E-state index in [2.05, 4.69) is 49.1 Å². The molecule has 0 heterocycles. The lowest BCUT2D eigenvalue weighted by atomic mass is 9.86. The summed E-state index contributed by atoms with van der Waals surface area (Å²) in [5.74, 6) is 6.93. The van der Waals surface area contributed by atoms with Gasteiger partial charge in [0.1, 0.15) is 17.6 Å². The first kappa shape index (κ1) is 23.7. The second-order valence-electron chi connectivity index (χ2n) is 8.93. The number of aliphatic carboxylic acids is 1. The van der Waals surface area contributed by atoms with Crippen molar-refractivity contribution in [1.82, 2.24) is 0 Å². The Morgan fingerprint density at radius 1 is 1.12 bits per heavy atom. The largest absolute Gasteiger partial charge is 0.494 e. The number of ether oxygens (including phenoxy) is 2. The molecule has 1 saturated carbocycles. The van der Waals surface area contributed by atoms with Crippen LogP contribution < -0.4 is 9.47 Å². The average Bonchev–Trinajstić information content (AvgIpc) is 3.25. The zero-order chi connectivity index (χ0) is 23.9. The lowest BCUT2D eigenvalue weighted by Gasteiger charge is -2.23. The highest BCUT2D eigenvalue weighted by Gasteiger charge is 2.34. The van der Waals surface area contributed by atoms with Crippen LogP contribution in [0.5, 0.6) is 11.5 Å². The van der Waals surface area contributed by atoms with Crippen molar-refractivity contribution in [3.63, 3.8) is 0 Å². The molecule has 3 atom stereocenters. The number of carbonyl (C=O) groups is 1. The van der Waals surface area contributed by atoms with Crippen molar-refractivity contribution in [3.05, 3.63) is 77.4 Å². The normalized spacial score (nSPS) is 19.7. The van der Waals surface area contributed by atoms with E-state index in [1.807, 2.05) is 30.3 Å². The van der Waals surface area contributed by atoms with Gasteiger partial charge in [0.05, 0.1) is 18.9 Å². The first-order valence-corrected chi connectivity index (χ1v) is 12.1. The van der Waals surface area contributed by atoms with Gasteiger partial charge in [0.15, 0.2) is 0 Å². The second-order valence-corrected chi connectivity index (χ2v) is 8.93. The van der Waals surface area contributed by atoms with Crippen LogP contribution in [0.1, 0.15) is 63.0 Å². The topological polar surface area (TPSA) is 55.8 Å². The molecule has 2 aromatic carbocycles. The molecule has 0 aromatic heterocycles. The highest BCUT2D eigenvalue weighted by Crippen LogP contribution is 2.43. The smallest absolute Gasteiger partial charge is 0.304 e. The van der Waals surface area contributed by atoms with Crippen molar-refractivity contribution >= 4 is 11.5 Å². The number of fused-ring (bicyclic) bond motifs is 1. The maximum absolute atomic E-state index is 11.2. The van der Waals surface area contributed by atoms with E-state index in [0.717, 1.165) is 49.4 Å². The molecule has 0 aliphatic heterocycles. The molecule has 2 unspecified atom stereocenters. The van der Waals surface area contributed by atoms with Gasteiger partial charge in [0.2, 0.25) is 0 Å². The molecule has 0 amide bonds. The van der Waals surface area contributed by atoms with Crippen molar-refractivity contribution in [2.75, 3.05) is 6.61 Å². The Kier molecular flexibility index (Phi) is 7.75. The number of hydrogen-bond acceptors (Lipinski definition) is 3. The summed E-state index contributed by atoms with van der Waals surface area (Å²) in [6, 6.07) is 16.1. The van der Waals surface area contributed by atoms with Crippen LogP contribution in [0.15, 0.2) is 66.3 Å². The van der Waals surface area contributed by atoms with Crippen LogP contribution in [0.25, 0.3) is 5.57 Å². The van der Waals surface area contributed by atoms with Crippen LogP contribution in [-0.2, 0) is 4.79 Å². The van der Waals surface area contributed by atoms with Crippen LogP contribution in [0.4, 0.5) is 0 Å². The zero-order valence-corrected chi connectivity index (χ0v) is 19.9. The Bertz CT molecular complexity index is 1130. The molecule has 4 nitrogen and oxygen atoms in total. The molecule has 4 heteroatoms. The number of hydrogen-bond donors (Lipinski definition) is 1. The number of carboxylic acids is 1. The lowest BCUT2D eigenvalue weighted by molar-refractivity contribution is -0.137. The third kappa shape index (κ3) is 5.72. The third-order valence-electron chi connectivity index (χ3n) is 6.50. The summed E-state index contributed by atoms with van der Waals surface area (Å²) in [4.78, 5) is 11.2. The Morgan fingerprint density at radius 3 is 2.68 bits per heavy atom. The van der Waals surface area contributed by atoms with Crippen molar-refractivity contribution < 1.29 is 19.4 Å². The van der Waals surface area contributed by atoms with Gasteiger partial charge in [-0.1, -0.05) is 49.3 Å². The van der Waals surface area contributed by atoms with E-state index < -0.39 is 5.97 Å². The van der Waals surface area contributed by atoms with Gasteiger partial charge < -0.3 is 14.6 Å². The molecule has 2 aliphatic rings. The minimum atomic E-state index is -0.845. The van der Waals surface area contributed by atoms with E-state index in [0.29, 0.717) is 5.92 Å². The molecule has 34 heavy (non-hydrogen) atoms. The summed E-state index contributed by atoms with van der Waals surface area (Å²) in [5, 5.41) is 9.16. The fraction of sp³-hybridized carbons (Fsp3) is 0.367. The summed E-state index contributed by atoms with van der Waals surface area (Å²) >= 11 is 0. The molecular formula is C30H32O4. The lowest BCUT2D eigenvalue weighted by Crippen LogP contribution is -2.17. The van der Waals surface area contributed by atoms with Gasteiger partial charge >= 0.3 is 5.97 Å². The molecule has 0 saturated heterocycles. The number of carboxylic acid groups (broad SMARTS) is 1.